The number of nitrogens with zero attached hydrogens (tertiary/aromatic N) is 3. The highest BCUT2D eigenvalue weighted by atomic mass is 32.2. The van der Waals surface area contributed by atoms with Gasteiger partial charge in [0.25, 0.3) is 5.91 Å². The second-order valence-corrected chi connectivity index (χ2v) is 8.17. The third kappa shape index (κ3) is 4.02. The fourth-order valence-corrected chi connectivity index (χ4v) is 4.82. The number of benzene rings is 1. The van der Waals surface area contributed by atoms with Gasteiger partial charge in [-0.15, -0.1) is 0 Å². The number of amides is 1. The first-order chi connectivity index (χ1) is 11.8. The molecule has 0 aliphatic carbocycles. The Bertz CT molecular complexity index is 771. The van der Waals surface area contributed by atoms with Gasteiger partial charge in [-0.05, 0) is 37.5 Å². The van der Waals surface area contributed by atoms with Crippen LogP contribution < -0.4 is 0 Å². The average molecular weight is 363 g/mol. The Morgan fingerprint density at radius 2 is 1.88 bits per heavy atom. The zero-order valence-corrected chi connectivity index (χ0v) is 15.8. The van der Waals surface area contributed by atoms with E-state index in [0.717, 1.165) is 0 Å². The lowest BCUT2D eigenvalue weighted by Crippen LogP contribution is -2.38. The Morgan fingerprint density at radius 1 is 1.28 bits per heavy atom. The number of piperidine rings is 1. The fraction of sp³-hybridized carbons (Fsp3) is 0.556. The van der Waals surface area contributed by atoms with E-state index < -0.39 is 10.0 Å². The lowest BCUT2D eigenvalue weighted by Gasteiger charge is -2.29. The topological polar surface area (TPSA) is 81.5 Å². The zero-order valence-electron chi connectivity index (χ0n) is 15.0. The van der Waals surface area contributed by atoms with Crippen molar-refractivity contribution in [3.8, 4) is 6.07 Å². The van der Waals surface area contributed by atoms with E-state index in [-0.39, 0.29) is 16.7 Å². The lowest BCUT2D eigenvalue weighted by molar-refractivity contribution is 0.0707. The largest absolute Gasteiger partial charge is 0.339 e. The Kier molecular flexibility index (Phi) is 6.20. The summed E-state index contributed by atoms with van der Waals surface area (Å²) in [5.41, 5.74) is 1.01. The van der Waals surface area contributed by atoms with Crippen LogP contribution in [0.5, 0.6) is 0 Å². The predicted octanol–water partition coefficient (Wildman–Crippen LogP) is 2.40. The predicted molar refractivity (Wildman–Crippen MR) is 95.5 cm³/mol. The summed E-state index contributed by atoms with van der Waals surface area (Å²) in [6, 6.07) is 7.09. The minimum absolute atomic E-state index is 0.000623. The van der Waals surface area contributed by atoms with Crippen LogP contribution >= 0.6 is 0 Å². The molecule has 2 rings (SSSR count). The summed E-state index contributed by atoms with van der Waals surface area (Å²) >= 11 is 0. The smallest absolute Gasteiger partial charge is 0.253 e. The van der Waals surface area contributed by atoms with Crippen LogP contribution in [0.4, 0.5) is 0 Å². The number of carbonyl (C=O) groups excluding carboxylic acids is 1. The molecule has 1 fully saturated rings. The van der Waals surface area contributed by atoms with Gasteiger partial charge < -0.3 is 4.90 Å². The van der Waals surface area contributed by atoms with Gasteiger partial charge in [0.05, 0.1) is 11.0 Å². The van der Waals surface area contributed by atoms with Crippen molar-refractivity contribution in [1.82, 2.24) is 9.21 Å². The summed E-state index contributed by atoms with van der Waals surface area (Å²) in [7, 11) is -3.61. The highest BCUT2D eigenvalue weighted by molar-refractivity contribution is 7.89. The molecule has 1 aromatic rings. The molecule has 0 saturated carbocycles. The van der Waals surface area contributed by atoms with E-state index >= 15 is 0 Å². The van der Waals surface area contributed by atoms with E-state index in [1.54, 1.807) is 37.8 Å². The number of sulfonamides is 1. The van der Waals surface area contributed by atoms with Crippen molar-refractivity contribution in [2.45, 2.75) is 38.5 Å². The van der Waals surface area contributed by atoms with E-state index in [1.165, 1.54) is 10.4 Å². The van der Waals surface area contributed by atoms with Crippen molar-refractivity contribution < 1.29 is 13.2 Å². The molecule has 7 heteroatoms. The lowest BCUT2D eigenvalue weighted by atomic mass is 9.98. The van der Waals surface area contributed by atoms with E-state index in [1.807, 2.05) is 0 Å². The second kappa shape index (κ2) is 7.98. The minimum Gasteiger partial charge on any atom is -0.339 e. The van der Waals surface area contributed by atoms with E-state index in [0.29, 0.717) is 50.1 Å². The maximum atomic E-state index is 12.8. The van der Waals surface area contributed by atoms with Crippen LogP contribution in [0.15, 0.2) is 23.1 Å². The van der Waals surface area contributed by atoms with Crippen molar-refractivity contribution >= 4 is 15.9 Å². The van der Waals surface area contributed by atoms with Gasteiger partial charge in [-0.3, -0.25) is 4.79 Å². The van der Waals surface area contributed by atoms with E-state index in [9.17, 15) is 13.2 Å². The molecule has 0 spiro atoms. The highest BCUT2D eigenvalue weighted by Gasteiger charge is 2.27. The highest BCUT2D eigenvalue weighted by Crippen LogP contribution is 2.24. The Hall–Kier alpha value is -1.91. The van der Waals surface area contributed by atoms with Gasteiger partial charge in [-0.1, -0.05) is 19.9 Å². The quantitative estimate of drug-likeness (QED) is 0.804. The summed E-state index contributed by atoms with van der Waals surface area (Å²) in [5.74, 6) is -0.173. The molecule has 1 heterocycles. The molecule has 0 bridgehead atoms. The van der Waals surface area contributed by atoms with Crippen LogP contribution in [0.3, 0.4) is 0 Å². The van der Waals surface area contributed by atoms with Crippen LogP contribution in [0.1, 0.15) is 42.6 Å². The third-order valence-electron chi connectivity index (χ3n) is 4.72. The van der Waals surface area contributed by atoms with E-state index in [4.69, 9.17) is 5.26 Å². The molecule has 1 aromatic carbocycles. The van der Waals surface area contributed by atoms with Gasteiger partial charge in [0.1, 0.15) is 0 Å². The summed E-state index contributed by atoms with van der Waals surface area (Å²) in [6.45, 7) is 7.17. The number of rotatable bonds is 5. The summed E-state index contributed by atoms with van der Waals surface area (Å²) < 4.78 is 27.0. The van der Waals surface area contributed by atoms with Crippen LogP contribution in [0, 0.1) is 24.2 Å². The maximum absolute atomic E-state index is 12.8. The molecule has 25 heavy (non-hydrogen) atoms. The molecule has 1 aliphatic heterocycles. The molecule has 1 saturated heterocycles. The number of hydrogen-bond acceptors (Lipinski definition) is 4. The van der Waals surface area contributed by atoms with Gasteiger partial charge >= 0.3 is 0 Å². The van der Waals surface area contributed by atoms with Crippen LogP contribution in [0.2, 0.25) is 0 Å². The molecule has 136 valence electrons. The van der Waals surface area contributed by atoms with Crippen molar-refractivity contribution in [3.63, 3.8) is 0 Å². The molecule has 0 N–H and O–H groups in total. The number of hydrogen-bond donors (Lipinski definition) is 0. The Morgan fingerprint density at radius 3 is 2.40 bits per heavy atom. The van der Waals surface area contributed by atoms with Crippen LogP contribution in [0.25, 0.3) is 0 Å². The molecule has 0 radical (unpaired) electrons. The molecule has 0 unspecified atom stereocenters. The monoisotopic (exact) mass is 363 g/mol. The standard InChI is InChI=1S/C18H25N3O3S/c1-4-21(5-2)25(23,24)17-12-16(7-6-14(17)3)18(22)20-10-8-15(13-19)9-11-20/h6-7,12,15H,4-5,8-11H2,1-3H3. The van der Waals surface area contributed by atoms with Gasteiger partial charge in [-0.2, -0.15) is 9.57 Å². The average Bonchev–Trinajstić information content (AvgIpc) is 2.62. The van der Waals surface area contributed by atoms with Gasteiger partial charge in [0, 0.05) is 37.7 Å². The van der Waals surface area contributed by atoms with Gasteiger partial charge in [0.15, 0.2) is 0 Å². The van der Waals surface area contributed by atoms with Crippen molar-refractivity contribution in [2.75, 3.05) is 26.2 Å². The van der Waals surface area contributed by atoms with Gasteiger partial charge in [0.2, 0.25) is 10.0 Å². The first kappa shape index (κ1) is 19.4. The second-order valence-electron chi connectivity index (χ2n) is 6.27. The van der Waals surface area contributed by atoms with Crippen molar-refractivity contribution in [2.24, 2.45) is 5.92 Å². The SMILES string of the molecule is CCN(CC)S(=O)(=O)c1cc(C(=O)N2CCC(C#N)CC2)ccc1C. The van der Waals surface area contributed by atoms with Crippen molar-refractivity contribution in [1.29, 1.82) is 5.26 Å². The molecular weight excluding hydrogens is 338 g/mol. The number of aryl methyl sites for hydroxylation is 1. The summed E-state index contributed by atoms with van der Waals surface area (Å²) in [6.07, 6.45) is 1.33. The van der Waals surface area contributed by atoms with Gasteiger partial charge in [-0.25, -0.2) is 8.42 Å². The Labute approximate surface area is 150 Å². The van der Waals surface area contributed by atoms with Crippen molar-refractivity contribution in [3.05, 3.63) is 29.3 Å². The zero-order chi connectivity index (χ0) is 18.6. The summed E-state index contributed by atoms with van der Waals surface area (Å²) in [5, 5.41) is 8.96. The molecule has 0 atom stereocenters. The van der Waals surface area contributed by atoms with Crippen LogP contribution in [-0.4, -0.2) is 49.7 Å². The number of likely N-dealkylation sites (tertiary alicyclic amines) is 1. The van der Waals surface area contributed by atoms with Crippen LogP contribution in [-0.2, 0) is 10.0 Å². The van der Waals surface area contributed by atoms with E-state index in [2.05, 4.69) is 6.07 Å². The third-order valence-corrected chi connectivity index (χ3v) is 6.91. The maximum Gasteiger partial charge on any atom is 0.253 e. The molecule has 6 nitrogen and oxygen atoms in total. The minimum atomic E-state index is -3.61. The normalized spacial score (nSPS) is 16.0. The molecular formula is C18H25N3O3S. The number of nitriles is 1. The number of carbonyl (C=O) groups is 1. The first-order valence-corrected chi connectivity index (χ1v) is 10.1. The molecule has 0 aromatic heterocycles. The fourth-order valence-electron chi connectivity index (χ4n) is 3.11. The first-order valence-electron chi connectivity index (χ1n) is 8.64. The Balaban J connectivity index is 2.30. The molecule has 1 aliphatic rings. The molecule has 1 amide bonds. The summed E-state index contributed by atoms with van der Waals surface area (Å²) in [4.78, 5) is 14.6.